The number of rotatable bonds is 7. The molecular formula is C24H21ClN2O5. The van der Waals surface area contributed by atoms with E-state index < -0.39 is 11.8 Å². The van der Waals surface area contributed by atoms with Crippen LogP contribution in [0.15, 0.2) is 64.9 Å². The molecule has 1 aromatic heterocycles. The second-order valence-electron chi connectivity index (χ2n) is 7.18. The second-order valence-corrected chi connectivity index (χ2v) is 7.59. The first-order valence-electron chi connectivity index (χ1n) is 9.81. The number of hydrogen-bond acceptors (Lipinski definition) is 6. The molecule has 0 unspecified atom stereocenters. The summed E-state index contributed by atoms with van der Waals surface area (Å²) >= 11 is 6.25. The Hall–Kier alpha value is -3.71. The number of imide groups is 1. The molecule has 0 atom stereocenters. The first kappa shape index (κ1) is 21.5. The number of nitrogens with one attached hydrogen (secondary N) is 1. The van der Waals surface area contributed by atoms with Crippen molar-refractivity contribution in [2.45, 2.75) is 13.5 Å². The fourth-order valence-electron chi connectivity index (χ4n) is 3.47. The van der Waals surface area contributed by atoms with E-state index in [1.165, 1.54) is 20.5 Å². The molecule has 2 amide bonds. The Morgan fingerprint density at radius 3 is 2.44 bits per heavy atom. The molecular weight excluding hydrogens is 432 g/mol. The number of aryl methyl sites for hydroxylation is 1. The molecule has 0 bridgehead atoms. The second kappa shape index (κ2) is 8.80. The van der Waals surface area contributed by atoms with Crippen molar-refractivity contribution in [1.29, 1.82) is 0 Å². The number of benzene rings is 2. The van der Waals surface area contributed by atoms with Crippen molar-refractivity contribution in [3.63, 3.8) is 0 Å². The number of nitrogens with zero attached hydrogens (tertiary/aromatic N) is 1. The number of methoxy groups -OCH3 is 2. The van der Waals surface area contributed by atoms with Gasteiger partial charge in [0.1, 0.15) is 11.5 Å². The van der Waals surface area contributed by atoms with Gasteiger partial charge in [-0.1, -0.05) is 23.7 Å². The number of ether oxygens (including phenoxy) is 2. The van der Waals surface area contributed by atoms with Crippen LogP contribution in [0.25, 0.3) is 5.57 Å². The van der Waals surface area contributed by atoms with Crippen LogP contribution >= 0.6 is 11.6 Å². The van der Waals surface area contributed by atoms with Crippen molar-refractivity contribution in [3.8, 4) is 11.5 Å². The number of hydrogen-bond donors (Lipinski definition) is 1. The molecule has 0 saturated carbocycles. The Morgan fingerprint density at radius 2 is 1.78 bits per heavy atom. The zero-order valence-electron chi connectivity index (χ0n) is 17.8. The summed E-state index contributed by atoms with van der Waals surface area (Å²) in [5.41, 5.74) is 2.38. The molecule has 2 aromatic carbocycles. The van der Waals surface area contributed by atoms with E-state index in [2.05, 4.69) is 5.32 Å². The molecule has 32 heavy (non-hydrogen) atoms. The summed E-state index contributed by atoms with van der Waals surface area (Å²) < 4.78 is 16.0. The molecule has 0 radical (unpaired) electrons. The maximum atomic E-state index is 13.4. The van der Waals surface area contributed by atoms with E-state index in [4.69, 9.17) is 25.5 Å². The number of halogens is 1. The Balaban J connectivity index is 1.79. The highest BCUT2D eigenvalue weighted by atomic mass is 35.5. The minimum Gasteiger partial charge on any atom is -0.493 e. The zero-order chi connectivity index (χ0) is 22.8. The highest BCUT2D eigenvalue weighted by Gasteiger charge is 2.40. The summed E-state index contributed by atoms with van der Waals surface area (Å²) in [6.07, 6.45) is 1.50. The van der Waals surface area contributed by atoms with Gasteiger partial charge in [-0.05, 0) is 54.4 Å². The Labute approximate surface area is 190 Å². The third-order valence-corrected chi connectivity index (χ3v) is 5.58. The van der Waals surface area contributed by atoms with Crippen LogP contribution in [0.5, 0.6) is 11.5 Å². The monoisotopic (exact) mass is 452 g/mol. The summed E-state index contributed by atoms with van der Waals surface area (Å²) in [5, 5.41) is 3.64. The minimum absolute atomic E-state index is 0.0152. The molecule has 3 aromatic rings. The van der Waals surface area contributed by atoms with E-state index in [0.717, 1.165) is 10.5 Å². The molecule has 4 rings (SSSR count). The summed E-state index contributed by atoms with van der Waals surface area (Å²) in [6.45, 7) is 1.90. The Morgan fingerprint density at radius 1 is 1.00 bits per heavy atom. The van der Waals surface area contributed by atoms with Gasteiger partial charge in [-0.15, -0.1) is 0 Å². The number of furan rings is 1. The zero-order valence-corrected chi connectivity index (χ0v) is 18.5. The van der Waals surface area contributed by atoms with E-state index >= 15 is 0 Å². The van der Waals surface area contributed by atoms with Crippen LogP contribution in [0.4, 0.5) is 5.69 Å². The van der Waals surface area contributed by atoms with Crippen LogP contribution in [0.1, 0.15) is 16.9 Å². The molecule has 2 heterocycles. The lowest BCUT2D eigenvalue weighted by atomic mass is 10.0. The molecule has 164 valence electrons. The molecule has 1 aliphatic rings. The lowest BCUT2D eigenvalue weighted by Crippen LogP contribution is -2.31. The largest absolute Gasteiger partial charge is 0.493 e. The molecule has 7 nitrogen and oxygen atoms in total. The maximum Gasteiger partial charge on any atom is 0.278 e. The van der Waals surface area contributed by atoms with Crippen LogP contribution in [0.3, 0.4) is 0 Å². The van der Waals surface area contributed by atoms with Crippen LogP contribution in [-0.4, -0.2) is 30.9 Å². The van der Waals surface area contributed by atoms with E-state index in [0.29, 0.717) is 33.5 Å². The topological polar surface area (TPSA) is 81.0 Å². The van der Waals surface area contributed by atoms with Gasteiger partial charge in [0.25, 0.3) is 11.8 Å². The minimum atomic E-state index is -0.465. The van der Waals surface area contributed by atoms with Crippen LogP contribution in [0, 0.1) is 6.92 Å². The third kappa shape index (κ3) is 3.94. The average molecular weight is 453 g/mol. The highest BCUT2D eigenvalue weighted by molar-refractivity contribution is 6.36. The van der Waals surface area contributed by atoms with Crippen molar-refractivity contribution in [2.75, 3.05) is 19.5 Å². The van der Waals surface area contributed by atoms with Gasteiger partial charge in [-0.25, -0.2) is 0 Å². The number of carbonyl (C=O) groups excluding carboxylic acids is 2. The van der Waals surface area contributed by atoms with Crippen molar-refractivity contribution >= 4 is 34.7 Å². The van der Waals surface area contributed by atoms with Crippen molar-refractivity contribution in [1.82, 2.24) is 4.90 Å². The Kier molecular flexibility index (Phi) is 5.92. The first-order valence-corrected chi connectivity index (χ1v) is 10.2. The van der Waals surface area contributed by atoms with E-state index in [1.54, 1.807) is 42.5 Å². The number of amides is 2. The quantitative estimate of drug-likeness (QED) is 0.525. The van der Waals surface area contributed by atoms with E-state index in [1.807, 2.05) is 13.0 Å². The van der Waals surface area contributed by atoms with Crippen molar-refractivity contribution in [3.05, 3.63) is 82.4 Å². The van der Waals surface area contributed by atoms with E-state index in [-0.39, 0.29) is 17.8 Å². The molecule has 8 heteroatoms. The predicted molar refractivity (Wildman–Crippen MR) is 121 cm³/mol. The van der Waals surface area contributed by atoms with Crippen LogP contribution in [0.2, 0.25) is 5.02 Å². The standard InChI is InChI=1S/C24H21ClN2O5/c1-14-6-8-16(12-18(14)25)26-22-21(15-7-9-19(30-2)20(11-15)31-3)23(28)27(24(22)29)13-17-5-4-10-32-17/h4-12,26H,13H2,1-3H3. The SMILES string of the molecule is COc1ccc(C2=C(Nc3ccc(C)c(Cl)c3)C(=O)N(Cc3ccco3)C2=O)cc1OC. The lowest BCUT2D eigenvalue weighted by Gasteiger charge is -2.14. The van der Waals surface area contributed by atoms with Crippen LogP contribution < -0.4 is 14.8 Å². The van der Waals surface area contributed by atoms with Gasteiger partial charge >= 0.3 is 0 Å². The maximum absolute atomic E-state index is 13.4. The normalized spacial score (nSPS) is 13.7. The van der Waals surface area contributed by atoms with Gasteiger partial charge in [0.2, 0.25) is 0 Å². The van der Waals surface area contributed by atoms with Gasteiger partial charge < -0.3 is 19.2 Å². The number of carbonyl (C=O) groups is 2. The summed E-state index contributed by atoms with van der Waals surface area (Å²) in [5.74, 6) is 0.547. The lowest BCUT2D eigenvalue weighted by molar-refractivity contribution is -0.137. The van der Waals surface area contributed by atoms with Gasteiger partial charge in [0.15, 0.2) is 11.5 Å². The van der Waals surface area contributed by atoms with Gasteiger partial charge in [0, 0.05) is 10.7 Å². The summed E-state index contributed by atoms with van der Waals surface area (Å²) in [4.78, 5) is 27.8. The average Bonchev–Trinajstić information content (AvgIpc) is 3.39. The summed E-state index contributed by atoms with van der Waals surface area (Å²) in [6, 6.07) is 13.8. The summed E-state index contributed by atoms with van der Waals surface area (Å²) in [7, 11) is 3.04. The van der Waals surface area contributed by atoms with Crippen LogP contribution in [-0.2, 0) is 16.1 Å². The highest BCUT2D eigenvalue weighted by Crippen LogP contribution is 2.36. The third-order valence-electron chi connectivity index (χ3n) is 5.18. The molecule has 0 fully saturated rings. The Bertz CT molecular complexity index is 1220. The molecule has 0 saturated heterocycles. The smallest absolute Gasteiger partial charge is 0.278 e. The fourth-order valence-corrected chi connectivity index (χ4v) is 3.65. The van der Waals surface area contributed by atoms with Gasteiger partial charge in [-0.2, -0.15) is 0 Å². The van der Waals surface area contributed by atoms with Gasteiger partial charge in [0.05, 0.1) is 32.6 Å². The molecule has 0 spiro atoms. The van der Waals surface area contributed by atoms with Crippen molar-refractivity contribution in [2.24, 2.45) is 0 Å². The fraction of sp³-hybridized carbons (Fsp3) is 0.167. The predicted octanol–water partition coefficient (Wildman–Crippen LogP) is 4.65. The molecule has 1 aliphatic heterocycles. The van der Waals surface area contributed by atoms with E-state index in [9.17, 15) is 9.59 Å². The first-order chi connectivity index (χ1) is 15.4. The number of anilines is 1. The molecule has 1 N–H and O–H groups in total. The van der Waals surface area contributed by atoms with Crippen molar-refractivity contribution < 1.29 is 23.5 Å². The van der Waals surface area contributed by atoms with Gasteiger partial charge in [-0.3, -0.25) is 14.5 Å². The molecule has 0 aliphatic carbocycles.